The van der Waals surface area contributed by atoms with E-state index in [0.29, 0.717) is 0 Å². The third kappa shape index (κ3) is 1.89. The molecule has 0 saturated heterocycles. The highest BCUT2D eigenvalue weighted by Crippen LogP contribution is 2.30. The van der Waals surface area contributed by atoms with Crippen molar-refractivity contribution in [3.8, 4) is 0 Å². The van der Waals surface area contributed by atoms with E-state index in [1.807, 2.05) is 0 Å². The van der Waals surface area contributed by atoms with Crippen LogP contribution in [0.3, 0.4) is 0 Å². The van der Waals surface area contributed by atoms with Gasteiger partial charge in [0.15, 0.2) is 0 Å². The van der Waals surface area contributed by atoms with Crippen LogP contribution in [0.5, 0.6) is 0 Å². The summed E-state index contributed by atoms with van der Waals surface area (Å²) in [6.45, 7) is 7.06. The molecular formula is C21H19Si. The summed E-state index contributed by atoms with van der Waals surface area (Å²) in [6.07, 6.45) is 0. The maximum absolute atomic E-state index is 2.40. The Balaban J connectivity index is 2.31. The van der Waals surface area contributed by atoms with E-state index >= 15 is 0 Å². The number of benzene rings is 4. The Bertz CT molecular complexity index is 1010. The van der Waals surface area contributed by atoms with Crippen LogP contribution < -0.4 is 5.19 Å². The minimum Gasteiger partial charge on any atom is -0.0670 e. The Kier molecular flexibility index (Phi) is 3.05. The van der Waals surface area contributed by atoms with E-state index in [0.717, 1.165) is 0 Å². The molecule has 1 radical (unpaired) electrons. The fourth-order valence-corrected chi connectivity index (χ4v) is 5.12. The Hall–Kier alpha value is -2.12. The van der Waals surface area contributed by atoms with Crippen molar-refractivity contribution in [2.24, 2.45) is 0 Å². The first-order valence-corrected chi connectivity index (χ1v) is 10.3. The van der Waals surface area contributed by atoms with Crippen molar-refractivity contribution in [3.63, 3.8) is 0 Å². The number of rotatable bonds is 1. The molecule has 0 aliphatic heterocycles. The highest BCUT2D eigenvalue weighted by atomic mass is 28.3. The normalized spacial score (nSPS) is 11.8. The maximum atomic E-state index is 2.40. The second kappa shape index (κ2) is 4.96. The van der Waals surface area contributed by atoms with Crippen LogP contribution in [0, 0.1) is 6.92 Å². The predicted octanol–water partition coefficient (Wildman–Crippen LogP) is 5.42. The van der Waals surface area contributed by atoms with Crippen LogP contribution in [-0.4, -0.2) is 8.80 Å². The maximum Gasteiger partial charge on any atom is 0.0808 e. The van der Waals surface area contributed by atoms with E-state index in [1.165, 1.54) is 37.9 Å². The summed E-state index contributed by atoms with van der Waals surface area (Å²) in [5, 5.41) is 9.97. The molecule has 22 heavy (non-hydrogen) atoms. The summed E-state index contributed by atoms with van der Waals surface area (Å²) < 4.78 is 0. The van der Waals surface area contributed by atoms with Crippen LogP contribution in [0.2, 0.25) is 13.1 Å². The summed E-state index contributed by atoms with van der Waals surface area (Å²) in [5.74, 6) is 0. The van der Waals surface area contributed by atoms with Gasteiger partial charge in [-0.15, -0.1) is 0 Å². The highest BCUT2D eigenvalue weighted by Gasteiger charge is 2.15. The monoisotopic (exact) mass is 299 g/mol. The van der Waals surface area contributed by atoms with E-state index in [2.05, 4.69) is 80.7 Å². The molecule has 0 aliphatic rings. The lowest BCUT2D eigenvalue weighted by molar-refractivity contribution is 1.59. The van der Waals surface area contributed by atoms with Gasteiger partial charge in [-0.05, 0) is 62.1 Å². The van der Waals surface area contributed by atoms with Gasteiger partial charge in [0.05, 0.1) is 8.80 Å². The zero-order valence-corrected chi connectivity index (χ0v) is 14.3. The van der Waals surface area contributed by atoms with Gasteiger partial charge in [0.2, 0.25) is 0 Å². The summed E-state index contributed by atoms with van der Waals surface area (Å²) in [4.78, 5) is 0. The minimum atomic E-state index is -0.547. The quantitative estimate of drug-likeness (QED) is 0.325. The molecule has 0 spiro atoms. The average molecular weight is 299 g/mol. The van der Waals surface area contributed by atoms with Crippen molar-refractivity contribution >= 4 is 46.3 Å². The molecule has 0 aromatic heterocycles. The lowest BCUT2D eigenvalue weighted by Crippen LogP contribution is -2.25. The molecular weight excluding hydrogens is 280 g/mol. The third-order valence-electron chi connectivity index (χ3n) is 4.66. The average Bonchev–Trinajstić information content (AvgIpc) is 2.53. The van der Waals surface area contributed by atoms with E-state index in [-0.39, 0.29) is 0 Å². The summed E-state index contributed by atoms with van der Waals surface area (Å²) >= 11 is 0. The van der Waals surface area contributed by atoms with E-state index in [1.54, 1.807) is 5.19 Å². The first-order chi connectivity index (χ1) is 10.7. The second-order valence-corrected chi connectivity index (χ2v) is 8.79. The highest BCUT2D eigenvalue weighted by molar-refractivity contribution is 6.76. The molecule has 0 bridgehead atoms. The largest absolute Gasteiger partial charge is 0.0808 e. The molecule has 0 nitrogen and oxygen atoms in total. The van der Waals surface area contributed by atoms with E-state index < -0.39 is 8.80 Å². The smallest absolute Gasteiger partial charge is 0.0670 e. The summed E-state index contributed by atoms with van der Waals surface area (Å²) in [7, 11) is -0.547. The Morgan fingerprint density at radius 2 is 1.18 bits per heavy atom. The van der Waals surface area contributed by atoms with Gasteiger partial charge in [-0.1, -0.05) is 61.6 Å². The van der Waals surface area contributed by atoms with Crippen molar-refractivity contribution in [2.45, 2.75) is 20.0 Å². The van der Waals surface area contributed by atoms with Gasteiger partial charge in [0, 0.05) is 0 Å². The van der Waals surface area contributed by atoms with E-state index in [4.69, 9.17) is 0 Å². The zero-order chi connectivity index (χ0) is 15.3. The molecule has 0 unspecified atom stereocenters. The molecule has 4 aromatic rings. The first-order valence-electron chi connectivity index (χ1n) is 7.81. The summed E-state index contributed by atoms with van der Waals surface area (Å²) in [6, 6.07) is 22.4. The van der Waals surface area contributed by atoms with Gasteiger partial charge < -0.3 is 0 Å². The molecule has 0 atom stereocenters. The van der Waals surface area contributed by atoms with Crippen LogP contribution >= 0.6 is 0 Å². The van der Waals surface area contributed by atoms with E-state index in [9.17, 15) is 0 Å². The Morgan fingerprint density at radius 3 is 1.82 bits per heavy atom. The molecule has 4 aromatic carbocycles. The molecule has 0 saturated carbocycles. The molecule has 4 rings (SSSR count). The van der Waals surface area contributed by atoms with Gasteiger partial charge in [0.25, 0.3) is 0 Å². The molecule has 0 aliphatic carbocycles. The van der Waals surface area contributed by atoms with Gasteiger partial charge in [-0.2, -0.15) is 0 Å². The number of hydrogen-bond donors (Lipinski definition) is 0. The molecule has 0 amide bonds. The number of hydrogen-bond acceptors (Lipinski definition) is 0. The first kappa shape index (κ1) is 13.5. The van der Waals surface area contributed by atoms with Crippen molar-refractivity contribution in [2.75, 3.05) is 0 Å². The molecule has 0 fully saturated rings. The standard InChI is InChI=1S/C21H19Si/c1-14-17-10-6-7-11-18(17)21(22(2)3)20-13-16-9-5-4-8-15(16)12-19(14)20/h4-13H,1-3H3. The predicted molar refractivity (Wildman–Crippen MR) is 101 cm³/mol. The summed E-state index contributed by atoms with van der Waals surface area (Å²) in [5.41, 5.74) is 1.41. The Labute approximate surface area is 133 Å². The number of aryl methyl sites for hydroxylation is 1. The molecule has 0 heterocycles. The topological polar surface area (TPSA) is 0 Å². The van der Waals surface area contributed by atoms with Crippen LogP contribution in [0.15, 0.2) is 60.7 Å². The fourth-order valence-electron chi connectivity index (χ4n) is 3.61. The molecule has 1 heteroatoms. The number of fused-ring (bicyclic) bond motifs is 3. The van der Waals surface area contributed by atoms with Crippen LogP contribution in [0.25, 0.3) is 32.3 Å². The minimum absolute atomic E-state index is 0.547. The zero-order valence-electron chi connectivity index (χ0n) is 13.3. The van der Waals surface area contributed by atoms with Gasteiger partial charge in [-0.25, -0.2) is 0 Å². The SMILES string of the molecule is Cc1c2ccccc2c([Si](C)C)c2cc3ccccc3cc12. The third-order valence-corrected chi connectivity index (χ3v) is 6.20. The molecule has 107 valence electrons. The van der Waals surface area contributed by atoms with Crippen molar-refractivity contribution in [1.82, 2.24) is 0 Å². The van der Waals surface area contributed by atoms with Crippen molar-refractivity contribution < 1.29 is 0 Å². The van der Waals surface area contributed by atoms with Crippen LogP contribution in [0.1, 0.15) is 5.56 Å². The van der Waals surface area contributed by atoms with Gasteiger partial charge in [0.1, 0.15) is 0 Å². The Morgan fingerprint density at radius 1 is 0.636 bits per heavy atom. The van der Waals surface area contributed by atoms with Crippen LogP contribution in [0.4, 0.5) is 0 Å². The molecule has 0 N–H and O–H groups in total. The second-order valence-electron chi connectivity index (χ2n) is 6.29. The van der Waals surface area contributed by atoms with Crippen LogP contribution in [-0.2, 0) is 0 Å². The van der Waals surface area contributed by atoms with Crippen molar-refractivity contribution in [3.05, 3.63) is 66.2 Å². The van der Waals surface area contributed by atoms with Crippen molar-refractivity contribution in [1.29, 1.82) is 0 Å². The lowest BCUT2D eigenvalue weighted by Gasteiger charge is -2.17. The van der Waals surface area contributed by atoms with Gasteiger partial charge in [-0.3, -0.25) is 0 Å². The fraction of sp³-hybridized carbons (Fsp3) is 0.143. The lowest BCUT2D eigenvalue weighted by atomic mass is 9.95. The van der Waals surface area contributed by atoms with Gasteiger partial charge >= 0.3 is 0 Å².